The molecule has 0 radical (unpaired) electrons. The summed E-state index contributed by atoms with van der Waals surface area (Å²) in [7, 11) is 0. The summed E-state index contributed by atoms with van der Waals surface area (Å²) in [5.74, 6) is -1.89. The third-order valence-corrected chi connectivity index (χ3v) is 12.3. The number of aliphatic carboxylic acids is 2. The molecule has 8 nitrogen and oxygen atoms in total. The molecule has 250 valence electrons. The van der Waals surface area contributed by atoms with Gasteiger partial charge in [0, 0.05) is 41.4 Å². The van der Waals surface area contributed by atoms with Crippen molar-refractivity contribution in [2.24, 2.45) is 23.7 Å². The highest BCUT2D eigenvalue weighted by Crippen LogP contribution is 2.34. The van der Waals surface area contributed by atoms with Crippen LogP contribution in [-0.4, -0.2) is 58.2 Å². The lowest BCUT2D eigenvalue weighted by Gasteiger charge is -2.23. The standard InChI is InChI=1S/C38H42N4O4S2/c43-37(44)33(27-7-10-40-17-27)14-24-3-5-35-31(12-24)29(22-47-35)20-42(19-26-2-1-9-39-16-26)21-30-23-48-36-6-4-25(13-32(30)36)15-34(38(45)46)28-8-11-41-18-28/h1-6,9,12-13,16,22-23,27-28,33-34,40-41H,7-8,10-11,14-15,17-21H2,(H,43,44)(H,45,46). The zero-order chi connectivity index (χ0) is 33.0. The number of benzene rings is 2. The SMILES string of the molecule is O=C(O)C(Cc1ccc2scc(CN(Cc3cccnc3)Cc3csc4ccc(CC(C(=O)O)C5CCNC5)cc34)c2c1)C1CCNC1. The second-order valence-corrected chi connectivity index (χ2v) is 15.3. The Morgan fingerprint density at radius 2 is 1.31 bits per heavy atom. The molecule has 2 aliphatic heterocycles. The molecule has 0 amide bonds. The lowest BCUT2D eigenvalue weighted by molar-refractivity contribution is -0.144. The van der Waals surface area contributed by atoms with Crippen molar-refractivity contribution in [3.8, 4) is 0 Å². The first-order valence-electron chi connectivity index (χ1n) is 16.9. The van der Waals surface area contributed by atoms with Gasteiger partial charge in [-0.3, -0.25) is 19.5 Å². The number of thiophene rings is 2. The minimum absolute atomic E-state index is 0.158. The van der Waals surface area contributed by atoms with E-state index >= 15 is 0 Å². The molecule has 10 heteroatoms. The largest absolute Gasteiger partial charge is 0.481 e. The maximum Gasteiger partial charge on any atom is 0.307 e. The van der Waals surface area contributed by atoms with Crippen LogP contribution in [-0.2, 0) is 42.1 Å². The van der Waals surface area contributed by atoms with Gasteiger partial charge < -0.3 is 20.8 Å². The van der Waals surface area contributed by atoms with Crippen molar-refractivity contribution in [3.05, 3.63) is 99.5 Å². The monoisotopic (exact) mass is 682 g/mol. The molecule has 4 N–H and O–H groups in total. The van der Waals surface area contributed by atoms with Crippen molar-refractivity contribution in [1.29, 1.82) is 0 Å². The minimum Gasteiger partial charge on any atom is -0.481 e. The first-order chi connectivity index (χ1) is 23.4. The number of hydrogen-bond donors (Lipinski definition) is 4. The number of aromatic nitrogens is 1. The summed E-state index contributed by atoms with van der Waals surface area (Å²) in [6.07, 6.45) is 6.61. The molecule has 7 rings (SSSR count). The average molecular weight is 683 g/mol. The van der Waals surface area contributed by atoms with E-state index in [0.29, 0.717) is 12.8 Å². The first-order valence-corrected chi connectivity index (χ1v) is 18.6. The molecular weight excluding hydrogens is 641 g/mol. The van der Waals surface area contributed by atoms with Gasteiger partial charge in [0.1, 0.15) is 0 Å². The fourth-order valence-electron chi connectivity index (χ4n) is 7.62. The van der Waals surface area contributed by atoms with E-state index in [1.165, 1.54) is 31.3 Å². The second kappa shape index (κ2) is 14.8. The number of hydrogen-bond acceptors (Lipinski definition) is 8. The molecule has 0 saturated carbocycles. The number of carbonyl (C=O) groups is 2. The lowest BCUT2D eigenvalue weighted by Crippen LogP contribution is -2.27. The highest BCUT2D eigenvalue weighted by atomic mass is 32.1. The van der Waals surface area contributed by atoms with Crippen molar-refractivity contribution in [2.45, 2.75) is 45.3 Å². The molecule has 0 aliphatic carbocycles. The Bertz CT molecular complexity index is 1760. The summed E-state index contributed by atoms with van der Waals surface area (Å²) in [5.41, 5.74) is 5.77. The maximum absolute atomic E-state index is 12.2. The number of pyridine rings is 1. The van der Waals surface area contributed by atoms with Crippen LogP contribution in [0, 0.1) is 23.7 Å². The Labute approximate surface area is 288 Å². The lowest BCUT2D eigenvalue weighted by atomic mass is 9.86. The Morgan fingerprint density at radius 3 is 1.75 bits per heavy atom. The predicted molar refractivity (Wildman–Crippen MR) is 192 cm³/mol. The normalized spacial score (nSPS) is 19.4. The van der Waals surface area contributed by atoms with Crippen LogP contribution in [0.4, 0.5) is 0 Å². The van der Waals surface area contributed by atoms with Crippen LogP contribution in [0.3, 0.4) is 0 Å². The summed E-state index contributed by atoms with van der Waals surface area (Å²) >= 11 is 3.47. The van der Waals surface area contributed by atoms with Crippen LogP contribution in [0.25, 0.3) is 20.2 Å². The molecule has 2 aromatic carbocycles. The fraction of sp³-hybridized carbons (Fsp3) is 0.395. The van der Waals surface area contributed by atoms with Crippen molar-refractivity contribution in [3.63, 3.8) is 0 Å². The summed E-state index contributed by atoms with van der Waals surface area (Å²) in [4.78, 5) is 31.3. The van der Waals surface area contributed by atoms with E-state index in [-0.39, 0.29) is 23.7 Å². The Balaban J connectivity index is 1.15. The van der Waals surface area contributed by atoms with Crippen LogP contribution < -0.4 is 10.6 Å². The smallest absolute Gasteiger partial charge is 0.307 e. The molecule has 3 aromatic heterocycles. The average Bonchev–Trinajstić information content (AvgIpc) is 3.92. The van der Waals surface area contributed by atoms with Crippen molar-refractivity contribution >= 4 is 54.8 Å². The van der Waals surface area contributed by atoms with E-state index in [4.69, 9.17) is 0 Å². The van der Waals surface area contributed by atoms with E-state index in [1.54, 1.807) is 28.9 Å². The first kappa shape index (κ1) is 32.9. The summed E-state index contributed by atoms with van der Waals surface area (Å²) in [6, 6.07) is 17.0. The van der Waals surface area contributed by atoms with Gasteiger partial charge in [-0.05, 0) is 143 Å². The molecular formula is C38H42N4O4S2. The maximum atomic E-state index is 12.2. The highest BCUT2D eigenvalue weighted by Gasteiger charge is 2.32. The summed E-state index contributed by atoms with van der Waals surface area (Å²) in [5, 5.41) is 33.6. The summed E-state index contributed by atoms with van der Waals surface area (Å²) < 4.78 is 2.42. The number of rotatable bonds is 14. The second-order valence-electron chi connectivity index (χ2n) is 13.5. The Kier molecular flexibility index (Phi) is 10.2. The molecule has 2 fully saturated rings. The Morgan fingerprint density at radius 1 is 0.771 bits per heavy atom. The molecule has 2 aliphatic rings. The van der Waals surface area contributed by atoms with E-state index in [0.717, 1.165) is 75.3 Å². The number of nitrogens with zero attached hydrogens (tertiary/aromatic N) is 2. The van der Waals surface area contributed by atoms with Gasteiger partial charge in [-0.15, -0.1) is 22.7 Å². The van der Waals surface area contributed by atoms with Crippen LogP contribution in [0.2, 0.25) is 0 Å². The van der Waals surface area contributed by atoms with E-state index in [9.17, 15) is 19.8 Å². The van der Waals surface area contributed by atoms with Gasteiger partial charge in [-0.25, -0.2) is 0 Å². The zero-order valence-electron chi connectivity index (χ0n) is 26.9. The number of nitrogens with one attached hydrogen (secondary N) is 2. The minimum atomic E-state index is -0.711. The van der Waals surface area contributed by atoms with Crippen LogP contribution in [0.15, 0.2) is 71.7 Å². The third-order valence-electron chi connectivity index (χ3n) is 10.2. The predicted octanol–water partition coefficient (Wildman–Crippen LogP) is 6.42. The van der Waals surface area contributed by atoms with Gasteiger partial charge in [-0.2, -0.15) is 0 Å². The summed E-state index contributed by atoms with van der Waals surface area (Å²) in [6.45, 7) is 5.51. The number of carboxylic acid groups (broad SMARTS) is 2. The van der Waals surface area contributed by atoms with Crippen molar-refractivity contribution < 1.29 is 19.8 Å². The van der Waals surface area contributed by atoms with Gasteiger partial charge in [0.05, 0.1) is 11.8 Å². The van der Waals surface area contributed by atoms with Gasteiger partial charge >= 0.3 is 11.9 Å². The molecule has 4 atom stereocenters. The zero-order valence-corrected chi connectivity index (χ0v) is 28.6. The molecule has 5 aromatic rings. The van der Waals surface area contributed by atoms with Crippen molar-refractivity contribution in [1.82, 2.24) is 20.5 Å². The van der Waals surface area contributed by atoms with Gasteiger partial charge in [-0.1, -0.05) is 18.2 Å². The quantitative estimate of drug-likeness (QED) is 0.106. The molecule has 4 unspecified atom stereocenters. The number of fused-ring (bicyclic) bond motifs is 2. The molecule has 2 saturated heterocycles. The fourth-order valence-corrected chi connectivity index (χ4v) is 9.48. The molecule has 0 spiro atoms. The van der Waals surface area contributed by atoms with E-state index in [1.807, 2.05) is 12.3 Å². The van der Waals surface area contributed by atoms with E-state index in [2.05, 4.69) is 73.7 Å². The Hall–Kier alpha value is -3.67. The van der Waals surface area contributed by atoms with Crippen LogP contribution in [0.5, 0.6) is 0 Å². The van der Waals surface area contributed by atoms with Gasteiger partial charge in [0.25, 0.3) is 0 Å². The van der Waals surface area contributed by atoms with E-state index < -0.39 is 11.9 Å². The highest BCUT2D eigenvalue weighted by molar-refractivity contribution is 7.17. The van der Waals surface area contributed by atoms with Crippen LogP contribution >= 0.6 is 22.7 Å². The molecule has 48 heavy (non-hydrogen) atoms. The van der Waals surface area contributed by atoms with Crippen molar-refractivity contribution in [2.75, 3.05) is 26.2 Å². The molecule has 5 heterocycles. The van der Waals surface area contributed by atoms with Gasteiger partial charge in [0.2, 0.25) is 0 Å². The number of carboxylic acids is 2. The van der Waals surface area contributed by atoms with Gasteiger partial charge in [0.15, 0.2) is 0 Å². The topological polar surface area (TPSA) is 115 Å². The third kappa shape index (κ3) is 7.48. The van der Waals surface area contributed by atoms with Crippen LogP contribution in [0.1, 0.15) is 40.7 Å². The molecule has 0 bridgehead atoms.